The average Bonchev–Trinajstić information content (AvgIpc) is 2.72. The molecule has 1 unspecified atom stereocenters. The lowest BCUT2D eigenvalue weighted by Crippen LogP contribution is -2.58. The van der Waals surface area contributed by atoms with Gasteiger partial charge in [0.15, 0.2) is 0 Å². The molecule has 3 N–H and O–H groups in total. The maximum absolute atomic E-state index is 9.79. The van der Waals surface area contributed by atoms with E-state index in [1.807, 2.05) is 30.3 Å². The first-order chi connectivity index (χ1) is 13.9. The van der Waals surface area contributed by atoms with Crippen molar-refractivity contribution in [1.29, 1.82) is 0 Å². The summed E-state index contributed by atoms with van der Waals surface area (Å²) in [4.78, 5) is 0. The molecule has 0 heterocycles. The smallest absolute Gasteiger partial charge is 0.0777 e. The van der Waals surface area contributed by atoms with Crippen molar-refractivity contribution in [3.8, 4) is 0 Å². The van der Waals surface area contributed by atoms with E-state index in [1.165, 1.54) is 11.1 Å². The van der Waals surface area contributed by atoms with Crippen LogP contribution in [-0.2, 0) is 0 Å². The lowest BCUT2D eigenvalue weighted by molar-refractivity contribution is -1.92. The van der Waals surface area contributed by atoms with Crippen LogP contribution in [0.25, 0.3) is 0 Å². The van der Waals surface area contributed by atoms with Crippen LogP contribution in [0.5, 0.6) is 0 Å². The van der Waals surface area contributed by atoms with Crippen molar-refractivity contribution in [3.05, 3.63) is 108 Å². The zero-order valence-corrected chi connectivity index (χ0v) is 16.5. The zero-order valence-electron chi connectivity index (χ0n) is 15.7. The minimum Gasteiger partial charge on any atom is -0.396 e. The summed E-state index contributed by atoms with van der Waals surface area (Å²) in [5, 5.41) is 13.4. The second kappa shape index (κ2) is 11.6. The Kier molecular flexibility index (Phi) is 9.24. The Hall–Kier alpha value is -2.29. The van der Waals surface area contributed by atoms with Crippen molar-refractivity contribution < 1.29 is 34.0 Å². The van der Waals surface area contributed by atoms with Crippen molar-refractivity contribution in [1.82, 2.24) is 5.32 Å². The van der Waals surface area contributed by atoms with Crippen molar-refractivity contribution in [2.45, 2.75) is 12.0 Å². The number of aliphatic hydroxyl groups excluding tert-OH is 1. The van der Waals surface area contributed by atoms with Gasteiger partial charge in [-0.15, -0.1) is 0 Å². The summed E-state index contributed by atoms with van der Waals surface area (Å²) in [6.45, 7) is 0.849. The Morgan fingerprint density at radius 3 is 1.38 bits per heavy atom. The van der Waals surface area contributed by atoms with E-state index in [0.29, 0.717) is 0 Å². The Balaban J connectivity index is 0.000000537. The second-order valence-electron chi connectivity index (χ2n) is 6.35. The van der Waals surface area contributed by atoms with Crippen LogP contribution in [0.4, 0.5) is 0 Å². The van der Waals surface area contributed by atoms with E-state index in [4.69, 9.17) is 18.6 Å². The number of nitrogens with one attached hydrogen (secondary N) is 1. The highest BCUT2D eigenvalue weighted by Gasteiger charge is 2.16. The normalized spacial score (nSPS) is 12.2. The van der Waals surface area contributed by atoms with Gasteiger partial charge >= 0.3 is 0 Å². The van der Waals surface area contributed by atoms with E-state index in [1.54, 1.807) is 0 Å². The Morgan fingerprint density at radius 1 is 0.690 bits per heavy atom. The van der Waals surface area contributed by atoms with Crippen LogP contribution in [0.1, 0.15) is 28.7 Å². The topological polar surface area (TPSA) is 122 Å². The fourth-order valence-electron chi connectivity index (χ4n) is 2.99. The first-order valence-corrected chi connectivity index (χ1v) is 10.3. The van der Waals surface area contributed by atoms with E-state index in [9.17, 15) is 5.11 Å². The van der Waals surface area contributed by atoms with Gasteiger partial charge in [-0.05, 0) is 16.7 Å². The number of aliphatic hydroxyl groups is 1. The lowest BCUT2D eigenvalue weighted by Gasteiger charge is -2.23. The van der Waals surface area contributed by atoms with Crippen LogP contribution in [0.15, 0.2) is 91.0 Å². The van der Waals surface area contributed by atoms with Crippen molar-refractivity contribution in [2.24, 2.45) is 0 Å². The highest BCUT2D eigenvalue weighted by Crippen LogP contribution is 2.23. The first-order valence-electron chi connectivity index (χ1n) is 9.00. The van der Waals surface area contributed by atoms with Crippen LogP contribution in [0.2, 0.25) is 0 Å². The molecule has 3 rings (SSSR count). The first kappa shape index (κ1) is 23.0. The molecule has 29 heavy (non-hydrogen) atoms. The summed E-state index contributed by atoms with van der Waals surface area (Å²) in [5.74, 6) is 0.0844. The molecule has 3 aromatic carbocycles. The van der Waals surface area contributed by atoms with Crippen molar-refractivity contribution in [3.63, 3.8) is 0 Å². The van der Waals surface area contributed by atoms with Gasteiger partial charge in [0.25, 0.3) is 0 Å². The summed E-state index contributed by atoms with van der Waals surface area (Å²) in [6.07, 6.45) is 0. The molecular weight excluding hydrogens is 394 g/mol. The van der Waals surface area contributed by atoms with Crippen molar-refractivity contribution >= 4 is 0 Å². The summed E-state index contributed by atoms with van der Waals surface area (Å²) < 4.78 is 32.7. The Labute approximate surface area is 172 Å². The van der Waals surface area contributed by atoms with Gasteiger partial charge in [0.05, 0.1) is 27.6 Å². The molecule has 0 aliphatic rings. The molecule has 7 heteroatoms. The molecule has 0 radical (unpaired) electrons. The van der Waals surface area contributed by atoms with E-state index < -0.39 is 10.2 Å². The minimum absolute atomic E-state index is 0.0844. The maximum atomic E-state index is 9.79. The summed E-state index contributed by atoms with van der Waals surface area (Å²) in [6, 6.07) is 31.2. The van der Waals surface area contributed by atoms with Gasteiger partial charge in [-0.1, -0.05) is 91.0 Å². The molecule has 0 saturated carbocycles. The van der Waals surface area contributed by atoms with Gasteiger partial charge < -0.3 is 10.4 Å². The standard InChI is InChI=1S/C22H23NO.ClHO4/c24-17-21(18-10-4-1-5-11-18)16-23-22(19-12-6-2-7-13-19)20-14-8-3-9-15-20;2-1(3,4)5/h1-15,21-24H,16-17H2;(H,2,3,4,5). The minimum atomic E-state index is -4.69. The largest absolute Gasteiger partial charge is 0.396 e. The Morgan fingerprint density at radius 2 is 1.03 bits per heavy atom. The zero-order chi connectivity index (χ0) is 21.1. The van der Waals surface area contributed by atoms with E-state index in [0.717, 1.165) is 12.1 Å². The van der Waals surface area contributed by atoms with E-state index in [2.05, 4.69) is 66.0 Å². The third kappa shape index (κ3) is 8.72. The van der Waals surface area contributed by atoms with Crippen LogP contribution in [0, 0.1) is 10.2 Å². The summed E-state index contributed by atoms with van der Waals surface area (Å²) in [7, 11) is -4.69. The lowest BCUT2D eigenvalue weighted by atomic mass is 9.96. The van der Waals surface area contributed by atoms with Gasteiger partial charge in [-0.25, -0.2) is 0 Å². The number of benzene rings is 3. The van der Waals surface area contributed by atoms with Crippen LogP contribution < -0.4 is 19.3 Å². The molecule has 0 fully saturated rings. The quantitative estimate of drug-likeness (QED) is 0.498. The van der Waals surface area contributed by atoms with Gasteiger partial charge in [-0.3, -0.25) is 0 Å². The maximum Gasteiger partial charge on any atom is 0.0777 e. The van der Waals surface area contributed by atoms with E-state index >= 15 is 0 Å². The van der Waals surface area contributed by atoms with Crippen molar-refractivity contribution in [2.75, 3.05) is 13.2 Å². The second-order valence-corrected chi connectivity index (χ2v) is 7.14. The molecule has 0 aliphatic carbocycles. The average molecular weight is 418 g/mol. The number of rotatable bonds is 7. The molecule has 0 saturated heterocycles. The number of halogens is 1. The third-order valence-corrected chi connectivity index (χ3v) is 4.33. The van der Waals surface area contributed by atoms with Gasteiger partial charge in [0.1, 0.15) is 0 Å². The Bertz CT molecular complexity index is 767. The summed E-state index contributed by atoms with van der Waals surface area (Å²) in [5.41, 5.74) is 3.62. The molecular formula is C22H24ClNO5. The van der Waals surface area contributed by atoms with Gasteiger partial charge in [-0.2, -0.15) is 14.0 Å². The molecule has 154 valence electrons. The van der Waals surface area contributed by atoms with Crippen LogP contribution >= 0.6 is 0 Å². The molecule has 6 nitrogen and oxygen atoms in total. The van der Waals surface area contributed by atoms with E-state index in [-0.39, 0.29) is 18.6 Å². The number of hydrogen-bond donors (Lipinski definition) is 3. The molecule has 0 amide bonds. The molecule has 0 spiro atoms. The summed E-state index contributed by atoms with van der Waals surface area (Å²) >= 11 is 0. The number of hydrogen-bond acceptors (Lipinski definition) is 6. The highest BCUT2D eigenvalue weighted by atomic mass is 35.7. The van der Waals surface area contributed by atoms with Gasteiger partial charge in [0.2, 0.25) is 0 Å². The third-order valence-electron chi connectivity index (χ3n) is 4.33. The van der Waals surface area contributed by atoms with Crippen LogP contribution in [0.3, 0.4) is 0 Å². The predicted molar refractivity (Wildman–Crippen MR) is 101 cm³/mol. The van der Waals surface area contributed by atoms with Gasteiger partial charge in [0, 0.05) is 12.5 Å². The predicted octanol–water partition coefficient (Wildman–Crippen LogP) is 0.0177. The molecule has 0 aromatic heterocycles. The fraction of sp³-hybridized carbons (Fsp3) is 0.182. The van der Waals surface area contributed by atoms with Crippen LogP contribution in [-0.4, -0.2) is 22.9 Å². The SMILES string of the molecule is OCC(CNC(c1ccccc1)c1ccccc1)c1ccccc1.[O-][Cl+3]([O-])([O-])O. The fourth-order valence-corrected chi connectivity index (χ4v) is 2.99. The molecule has 0 bridgehead atoms. The monoisotopic (exact) mass is 417 g/mol. The molecule has 1 atom stereocenters. The highest BCUT2D eigenvalue weighted by molar-refractivity contribution is 5.32. The molecule has 3 aromatic rings. The molecule has 0 aliphatic heterocycles.